The van der Waals surface area contributed by atoms with Crippen molar-refractivity contribution in [2.75, 3.05) is 0 Å². The highest BCUT2D eigenvalue weighted by Crippen LogP contribution is 2.28. The Morgan fingerprint density at radius 1 is 1.00 bits per heavy atom. The standard InChI is InChI=1S/C12H8BrO/c13-11-8-4-5-9-12(11)14-10-6-2-1-3-7-10/h1-6,8-9H. The molecular formula is C12H8BrO. The molecule has 0 heterocycles. The lowest BCUT2D eigenvalue weighted by Gasteiger charge is -2.06. The van der Waals surface area contributed by atoms with Gasteiger partial charge in [-0.15, -0.1) is 0 Å². The van der Waals surface area contributed by atoms with Crippen LogP contribution in [0, 0.1) is 6.07 Å². The average Bonchev–Trinajstić information content (AvgIpc) is 2.23. The van der Waals surface area contributed by atoms with Gasteiger partial charge in [-0.2, -0.15) is 0 Å². The first kappa shape index (κ1) is 9.28. The first-order valence-corrected chi connectivity index (χ1v) is 5.04. The van der Waals surface area contributed by atoms with Gasteiger partial charge in [0.2, 0.25) is 0 Å². The summed E-state index contributed by atoms with van der Waals surface area (Å²) in [4.78, 5) is 0. The number of hydrogen-bond acceptors (Lipinski definition) is 1. The third kappa shape index (κ3) is 2.15. The maximum atomic E-state index is 5.61. The van der Waals surface area contributed by atoms with E-state index in [2.05, 4.69) is 22.0 Å². The van der Waals surface area contributed by atoms with Crippen LogP contribution in [0.2, 0.25) is 0 Å². The second kappa shape index (κ2) is 4.29. The number of ether oxygens (including phenoxy) is 1. The molecular weight excluding hydrogens is 240 g/mol. The summed E-state index contributed by atoms with van der Waals surface area (Å²) >= 11 is 3.41. The number of para-hydroxylation sites is 2. The average molecular weight is 248 g/mol. The van der Waals surface area contributed by atoms with Crippen LogP contribution in [0.5, 0.6) is 11.5 Å². The molecule has 0 saturated carbocycles. The van der Waals surface area contributed by atoms with Crippen LogP contribution < -0.4 is 4.74 Å². The monoisotopic (exact) mass is 247 g/mol. The van der Waals surface area contributed by atoms with E-state index in [0.29, 0.717) is 0 Å². The molecule has 69 valence electrons. The molecule has 0 bridgehead atoms. The van der Waals surface area contributed by atoms with Crippen LogP contribution >= 0.6 is 15.9 Å². The van der Waals surface area contributed by atoms with Crippen LogP contribution in [0.15, 0.2) is 53.0 Å². The fourth-order valence-corrected chi connectivity index (χ4v) is 1.45. The van der Waals surface area contributed by atoms with E-state index in [9.17, 15) is 0 Å². The van der Waals surface area contributed by atoms with E-state index < -0.39 is 0 Å². The molecule has 0 saturated heterocycles. The molecule has 0 aliphatic carbocycles. The van der Waals surface area contributed by atoms with Crippen molar-refractivity contribution >= 4 is 15.9 Å². The zero-order chi connectivity index (χ0) is 9.80. The Morgan fingerprint density at radius 3 is 2.50 bits per heavy atom. The molecule has 0 fully saturated rings. The van der Waals surface area contributed by atoms with Gasteiger partial charge in [0.1, 0.15) is 11.5 Å². The lowest BCUT2D eigenvalue weighted by Crippen LogP contribution is -1.84. The molecule has 1 nitrogen and oxygen atoms in total. The van der Waals surface area contributed by atoms with Crippen molar-refractivity contribution in [3.63, 3.8) is 0 Å². The predicted octanol–water partition coefficient (Wildman–Crippen LogP) is 4.04. The highest BCUT2D eigenvalue weighted by Gasteiger charge is 1.99. The Balaban J connectivity index is 2.24. The van der Waals surface area contributed by atoms with Gasteiger partial charge in [-0.1, -0.05) is 30.3 Å². The van der Waals surface area contributed by atoms with E-state index in [0.717, 1.165) is 16.0 Å². The lowest BCUT2D eigenvalue weighted by atomic mass is 10.3. The number of rotatable bonds is 2. The number of halogens is 1. The highest BCUT2D eigenvalue weighted by atomic mass is 79.9. The van der Waals surface area contributed by atoms with E-state index in [1.165, 1.54) is 0 Å². The Labute approximate surface area is 91.5 Å². The van der Waals surface area contributed by atoms with Gasteiger partial charge in [0.05, 0.1) is 4.47 Å². The lowest BCUT2D eigenvalue weighted by molar-refractivity contribution is 0.478. The molecule has 2 heteroatoms. The molecule has 2 aromatic rings. The zero-order valence-corrected chi connectivity index (χ0v) is 8.99. The van der Waals surface area contributed by atoms with Gasteiger partial charge in [-0.25, -0.2) is 0 Å². The Morgan fingerprint density at radius 2 is 1.79 bits per heavy atom. The molecule has 14 heavy (non-hydrogen) atoms. The first-order chi connectivity index (χ1) is 6.86. The summed E-state index contributed by atoms with van der Waals surface area (Å²) in [6, 6.07) is 18.3. The predicted molar refractivity (Wildman–Crippen MR) is 59.5 cm³/mol. The minimum atomic E-state index is 0.722. The van der Waals surface area contributed by atoms with Crippen molar-refractivity contribution in [1.29, 1.82) is 0 Å². The molecule has 0 aliphatic heterocycles. The minimum absolute atomic E-state index is 0.722. The topological polar surface area (TPSA) is 9.23 Å². The third-order valence-electron chi connectivity index (χ3n) is 1.74. The second-order valence-electron chi connectivity index (χ2n) is 2.76. The van der Waals surface area contributed by atoms with Crippen LogP contribution in [0.4, 0.5) is 0 Å². The maximum Gasteiger partial charge on any atom is 0.141 e. The minimum Gasteiger partial charge on any atom is -0.456 e. The van der Waals surface area contributed by atoms with Crippen LogP contribution in [0.1, 0.15) is 0 Å². The van der Waals surface area contributed by atoms with Crippen LogP contribution in [0.25, 0.3) is 0 Å². The van der Waals surface area contributed by atoms with Crippen molar-refractivity contribution in [3.05, 3.63) is 59.1 Å². The summed E-state index contributed by atoms with van der Waals surface area (Å²) in [6.45, 7) is 0. The third-order valence-corrected chi connectivity index (χ3v) is 2.39. The maximum absolute atomic E-state index is 5.61. The summed E-state index contributed by atoms with van der Waals surface area (Å²) in [5.74, 6) is 1.52. The molecule has 2 rings (SSSR count). The molecule has 0 N–H and O–H groups in total. The molecule has 0 atom stereocenters. The summed E-state index contributed by atoms with van der Waals surface area (Å²) in [5, 5.41) is 0. The van der Waals surface area contributed by atoms with Gasteiger partial charge in [0.15, 0.2) is 0 Å². The Hall–Kier alpha value is -1.28. The van der Waals surface area contributed by atoms with Crippen molar-refractivity contribution in [3.8, 4) is 11.5 Å². The van der Waals surface area contributed by atoms with Gasteiger partial charge >= 0.3 is 0 Å². The molecule has 0 unspecified atom stereocenters. The van der Waals surface area contributed by atoms with E-state index in [1.807, 2.05) is 48.5 Å². The van der Waals surface area contributed by atoms with Gasteiger partial charge in [0.25, 0.3) is 0 Å². The zero-order valence-electron chi connectivity index (χ0n) is 7.41. The van der Waals surface area contributed by atoms with Gasteiger partial charge < -0.3 is 4.74 Å². The smallest absolute Gasteiger partial charge is 0.141 e. The highest BCUT2D eigenvalue weighted by molar-refractivity contribution is 9.10. The normalized spacial score (nSPS) is 9.79. The molecule has 1 radical (unpaired) electrons. The van der Waals surface area contributed by atoms with E-state index in [-0.39, 0.29) is 0 Å². The quantitative estimate of drug-likeness (QED) is 0.779. The van der Waals surface area contributed by atoms with Crippen LogP contribution in [-0.4, -0.2) is 0 Å². The number of benzene rings is 2. The van der Waals surface area contributed by atoms with Crippen molar-refractivity contribution in [1.82, 2.24) is 0 Å². The van der Waals surface area contributed by atoms with E-state index >= 15 is 0 Å². The molecule has 0 amide bonds. The van der Waals surface area contributed by atoms with Gasteiger partial charge in [-0.05, 0) is 34.1 Å². The van der Waals surface area contributed by atoms with Crippen LogP contribution in [-0.2, 0) is 0 Å². The number of hydrogen-bond donors (Lipinski definition) is 0. The Bertz CT molecular complexity index is 412. The summed E-state index contributed by atoms with van der Waals surface area (Å²) in [6.07, 6.45) is 0. The Kier molecular flexibility index (Phi) is 2.84. The van der Waals surface area contributed by atoms with Crippen molar-refractivity contribution in [2.45, 2.75) is 0 Å². The fourth-order valence-electron chi connectivity index (χ4n) is 1.09. The summed E-state index contributed by atoms with van der Waals surface area (Å²) in [5.41, 5.74) is 0. The van der Waals surface area contributed by atoms with Crippen LogP contribution in [0.3, 0.4) is 0 Å². The SMILES string of the molecule is Brc1ccccc1Oc1[c]cccc1. The first-order valence-electron chi connectivity index (χ1n) is 4.25. The molecule has 0 spiro atoms. The molecule has 0 aromatic heterocycles. The fraction of sp³-hybridized carbons (Fsp3) is 0. The summed E-state index contributed by atoms with van der Waals surface area (Å²) < 4.78 is 6.55. The largest absolute Gasteiger partial charge is 0.456 e. The van der Waals surface area contributed by atoms with Gasteiger partial charge in [-0.3, -0.25) is 0 Å². The van der Waals surface area contributed by atoms with Crippen molar-refractivity contribution in [2.24, 2.45) is 0 Å². The van der Waals surface area contributed by atoms with Crippen molar-refractivity contribution < 1.29 is 4.74 Å². The van der Waals surface area contributed by atoms with E-state index in [4.69, 9.17) is 4.74 Å². The summed E-state index contributed by atoms with van der Waals surface area (Å²) in [7, 11) is 0. The van der Waals surface area contributed by atoms with Gasteiger partial charge in [0, 0.05) is 6.07 Å². The second-order valence-corrected chi connectivity index (χ2v) is 3.61. The van der Waals surface area contributed by atoms with E-state index in [1.54, 1.807) is 0 Å². The molecule has 2 aromatic carbocycles. The molecule has 0 aliphatic rings.